The molecule has 11 nitrogen and oxygen atoms in total. The van der Waals surface area contributed by atoms with E-state index in [4.69, 9.17) is 4.74 Å². The molecular formula is C15H18N2O9. The molecule has 0 radical (unpaired) electrons. The van der Waals surface area contributed by atoms with Crippen LogP contribution >= 0.6 is 0 Å². The van der Waals surface area contributed by atoms with Gasteiger partial charge in [0.05, 0.1) is 19.4 Å². The van der Waals surface area contributed by atoms with Gasteiger partial charge in [-0.25, -0.2) is 9.59 Å². The van der Waals surface area contributed by atoms with Gasteiger partial charge in [0.2, 0.25) is 0 Å². The highest BCUT2D eigenvalue weighted by molar-refractivity contribution is 6.02. The van der Waals surface area contributed by atoms with Crippen molar-refractivity contribution < 1.29 is 43.2 Å². The molecule has 2 rings (SSSR count). The summed E-state index contributed by atoms with van der Waals surface area (Å²) < 4.78 is 5.14. The second kappa shape index (κ2) is 9.04. The molecule has 11 heteroatoms. The van der Waals surface area contributed by atoms with E-state index in [9.17, 15) is 28.8 Å². The predicted octanol–water partition coefficient (Wildman–Crippen LogP) is -0.612. The van der Waals surface area contributed by atoms with Gasteiger partial charge < -0.3 is 14.4 Å². The Labute approximate surface area is 148 Å². The minimum atomic E-state index is -0.779. The van der Waals surface area contributed by atoms with E-state index < -0.39 is 35.6 Å². The van der Waals surface area contributed by atoms with Crippen LogP contribution in [-0.2, 0) is 43.2 Å². The van der Waals surface area contributed by atoms with Crippen molar-refractivity contribution in [3.05, 3.63) is 0 Å². The van der Waals surface area contributed by atoms with Crippen molar-refractivity contribution in [3.8, 4) is 0 Å². The highest BCUT2D eigenvalue weighted by Crippen LogP contribution is 2.13. The largest absolute Gasteiger partial charge is 0.381 e. The van der Waals surface area contributed by atoms with Crippen molar-refractivity contribution in [1.82, 2.24) is 10.1 Å². The van der Waals surface area contributed by atoms with Gasteiger partial charge in [-0.2, -0.15) is 0 Å². The lowest BCUT2D eigenvalue weighted by atomic mass is 10.3. The van der Waals surface area contributed by atoms with Gasteiger partial charge in [0.25, 0.3) is 23.6 Å². The maximum atomic E-state index is 11.5. The number of hydrogen-bond donors (Lipinski definition) is 0. The third kappa shape index (κ3) is 5.34. The zero-order valence-electron chi connectivity index (χ0n) is 13.9. The fourth-order valence-corrected chi connectivity index (χ4v) is 2.19. The molecule has 0 aliphatic carbocycles. The van der Waals surface area contributed by atoms with E-state index >= 15 is 0 Å². The Hall–Kier alpha value is -2.82. The fraction of sp³-hybridized carbons (Fsp3) is 0.600. The van der Waals surface area contributed by atoms with Crippen molar-refractivity contribution >= 4 is 35.6 Å². The molecule has 0 bridgehead atoms. The third-order valence-corrected chi connectivity index (χ3v) is 3.52. The Bertz CT molecular complexity index is 545. The molecule has 142 valence electrons. The smallest absolute Gasteiger partial charge is 0.335 e. The first-order valence-corrected chi connectivity index (χ1v) is 8.09. The van der Waals surface area contributed by atoms with Crippen LogP contribution in [0, 0.1) is 0 Å². The van der Waals surface area contributed by atoms with E-state index in [1.165, 1.54) is 0 Å². The topological polar surface area (TPSA) is 137 Å². The van der Waals surface area contributed by atoms with E-state index in [-0.39, 0.29) is 58.2 Å². The third-order valence-electron chi connectivity index (χ3n) is 3.52. The van der Waals surface area contributed by atoms with Crippen LogP contribution in [0.3, 0.4) is 0 Å². The van der Waals surface area contributed by atoms with Crippen LogP contribution in [-0.4, -0.2) is 58.9 Å². The number of rotatable bonds is 9. The van der Waals surface area contributed by atoms with Gasteiger partial charge in [-0.1, -0.05) is 0 Å². The average Bonchev–Trinajstić information content (AvgIpc) is 3.08. The van der Waals surface area contributed by atoms with Gasteiger partial charge in [-0.3, -0.25) is 19.2 Å². The summed E-state index contributed by atoms with van der Waals surface area (Å²) in [5, 5.41) is 0.930. The van der Waals surface area contributed by atoms with E-state index in [1.54, 1.807) is 0 Å². The normalized spacial score (nSPS) is 17.2. The maximum Gasteiger partial charge on any atom is 0.335 e. The average molecular weight is 370 g/mol. The van der Waals surface area contributed by atoms with Gasteiger partial charge in [-0.05, 0) is 6.42 Å². The zero-order valence-corrected chi connectivity index (χ0v) is 13.9. The van der Waals surface area contributed by atoms with Gasteiger partial charge in [-0.15, -0.1) is 10.1 Å². The molecule has 0 aromatic carbocycles. The van der Waals surface area contributed by atoms with E-state index in [1.807, 2.05) is 0 Å². The SMILES string of the molecule is O=C(CCCOCCC(=O)ON1C(=O)CCC1=O)ON1C(=O)CCC1=O. The number of hydroxylamine groups is 4. The quantitative estimate of drug-likeness (QED) is 0.384. The zero-order chi connectivity index (χ0) is 19.1. The number of carbonyl (C=O) groups excluding carboxylic acids is 6. The Morgan fingerprint density at radius 2 is 1.12 bits per heavy atom. The van der Waals surface area contributed by atoms with Gasteiger partial charge in [0, 0.05) is 32.3 Å². The summed E-state index contributed by atoms with van der Waals surface area (Å²) in [5.74, 6) is -3.72. The lowest BCUT2D eigenvalue weighted by Gasteiger charge is -2.13. The molecule has 0 spiro atoms. The number of amides is 4. The molecule has 0 aromatic heterocycles. The summed E-state index contributed by atoms with van der Waals surface area (Å²) in [6, 6.07) is 0. The first kappa shape index (κ1) is 19.5. The van der Waals surface area contributed by atoms with Crippen LogP contribution in [0.4, 0.5) is 0 Å². The predicted molar refractivity (Wildman–Crippen MR) is 79.0 cm³/mol. The maximum absolute atomic E-state index is 11.5. The summed E-state index contributed by atoms with van der Waals surface area (Å²) in [7, 11) is 0. The molecule has 2 aliphatic heterocycles. The summed E-state index contributed by atoms with van der Waals surface area (Å²) in [6.45, 7) is 0.110. The fourth-order valence-electron chi connectivity index (χ4n) is 2.19. The molecule has 0 aromatic rings. The number of hydrogen-bond acceptors (Lipinski definition) is 9. The molecule has 0 saturated carbocycles. The summed E-state index contributed by atoms with van der Waals surface area (Å²) in [4.78, 5) is 77.4. The number of ether oxygens (including phenoxy) is 1. The first-order chi connectivity index (χ1) is 12.4. The van der Waals surface area contributed by atoms with E-state index in [2.05, 4.69) is 9.68 Å². The molecular weight excluding hydrogens is 352 g/mol. The standard InChI is InChI=1S/C15H18N2O9/c18-10-3-4-11(19)16(10)25-14(22)2-1-8-24-9-7-15(23)26-17-12(20)5-6-13(17)21/h1-9H2. The molecule has 26 heavy (non-hydrogen) atoms. The highest BCUT2D eigenvalue weighted by atomic mass is 16.7. The van der Waals surface area contributed by atoms with Crippen molar-refractivity contribution in [1.29, 1.82) is 0 Å². The molecule has 0 atom stereocenters. The van der Waals surface area contributed by atoms with Gasteiger partial charge >= 0.3 is 11.9 Å². The molecule has 0 N–H and O–H groups in total. The van der Waals surface area contributed by atoms with E-state index in [0.717, 1.165) is 0 Å². The minimum Gasteiger partial charge on any atom is -0.381 e. The molecule has 2 aliphatic rings. The number of imide groups is 2. The Morgan fingerprint density at radius 3 is 1.58 bits per heavy atom. The van der Waals surface area contributed by atoms with Gasteiger partial charge in [0.15, 0.2) is 0 Å². The first-order valence-electron chi connectivity index (χ1n) is 8.09. The van der Waals surface area contributed by atoms with Crippen molar-refractivity contribution in [2.45, 2.75) is 44.9 Å². The highest BCUT2D eigenvalue weighted by Gasteiger charge is 2.33. The Balaban J connectivity index is 1.52. The number of nitrogens with zero attached hydrogens (tertiary/aromatic N) is 2. The van der Waals surface area contributed by atoms with E-state index in [0.29, 0.717) is 10.1 Å². The van der Waals surface area contributed by atoms with Crippen LogP contribution in [0.5, 0.6) is 0 Å². The lowest BCUT2D eigenvalue weighted by molar-refractivity contribution is -0.198. The molecule has 4 amide bonds. The van der Waals surface area contributed by atoms with Crippen molar-refractivity contribution in [3.63, 3.8) is 0 Å². The van der Waals surface area contributed by atoms with Gasteiger partial charge in [0.1, 0.15) is 0 Å². The van der Waals surface area contributed by atoms with Crippen LogP contribution in [0.15, 0.2) is 0 Å². The Morgan fingerprint density at radius 1 is 0.692 bits per heavy atom. The van der Waals surface area contributed by atoms with Crippen LogP contribution in [0.1, 0.15) is 44.9 Å². The Kier molecular flexibility index (Phi) is 6.78. The van der Waals surface area contributed by atoms with Crippen LogP contribution in [0.2, 0.25) is 0 Å². The van der Waals surface area contributed by atoms with Crippen LogP contribution in [0.25, 0.3) is 0 Å². The lowest BCUT2D eigenvalue weighted by Crippen LogP contribution is -2.32. The summed E-state index contributed by atoms with van der Waals surface area (Å²) in [6.07, 6.45) is 0.115. The number of carbonyl (C=O) groups is 6. The van der Waals surface area contributed by atoms with Crippen molar-refractivity contribution in [2.75, 3.05) is 13.2 Å². The monoisotopic (exact) mass is 370 g/mol. The second-order valence-corrected chi connectivity index (χ2v) is 5.56. The summed E-state index contributed by atoms with van der Waals surface area (Å²) in [5.41, 5.74) is 0. The molecule has 0 unspecified atom stereocenters. The molecule has 2 heterocycles. The van der Waals surface area contributed by atoms with Crippen molar-refractivity contribution in [2.24, 2.45) is 0 Å². The van der Waals surface area contributed by atoms with Crippen LogP contribution < -0.4 is 0 Å². The summed E-state index contributed by atoms with van der Waals surface area (Å²) >= 11 is 0. The second-order valence-electron chi connectivity index (χ2n) is 5.56. The molecule has 2 fully saturated rings. The minimum absolute atomic E-state index is 0.0206. The molecule has 2 saturated heterocycles.